The summed E-state index contributed by atoms with van der Waals surface area (Å²) in [6.45, 7) is 8.82. The number of para-hydroxylation sites is 1. The van der Waals surface area contributed by atoms with E-state index in [0.29, 0.717) is 13.2 Å². The number of rotatable bonds is 10. The molecule has 1 aliphatic heterocycles. The molecule has 8 heteroatoms. The summed E-state index contributed by atoms with van der Waals surface area (Å²) in [5, 5.41) is 3.41. The Hall–Kier alpha value is -2.32. The molecule has 0 spiro atoms. The third kappa shape index (κ3) is 8.59. The predicted molar refractivity (Wildman–Crippen MR) is 120 cm³/mol. The van der Waals surface area contributed by atoms with Crippen LogP contribution < -0.4 is 10.1 Å². The highest BCUT2D eigenvalue weighted by molar-refractivity contribution is 5.84. The lowest BCUT2D eigenvalue weighted by atomic mass is 10.2. The lowest BCUT2D eigenvalue weighted by molar-refractivity contribution is -0.127. The first-order valence-corrected chi connectivity index (χ1v) is 10.7. The van der Waals surface area contributed by atoms with Gasteiger partial charge in [-0.25, -0.2) is 4.99 Å². The summed E-state index contributed by atoms with van der Waals surface area (Å²) < 4.78 is 11.3. The number of hydrogen-bond donors (Lipinski definition) is 1. The molecule has 1 aromatic rings. The summed E-state index contributed by atoms with van der Waals surface area (Å²) in [7, 11) is 5.45. The number of morpholine rings is 1. The summed E-state index contributed by atoms with van der Waals surface area (Å²) in [5.41, 5.74) is 1.12. The van der Waals surface area contributed by atoms with Crippen molar-refractivity contribution < 1.29 is 14.3 Å². The fourth-order valence-corrected chi connectivity index (χ4v) is 3.04. The van der Waals surface area contributed by atoms with Crippen molar-refractivity contribution in [3.8, 4) is 5.75 Å². The number of hydrogen-bond acceptors (Lipinski definition) is 5. The Kier molecular flexibility index (Phi) is 10.4. The maximum Gasteiger partial charge on any atom is 0.243 e. The van der Waals surface area contributed by atoms with Gasteiger partial charge < -0.3 is 24.6 Å². The van der Waals surface area contributed by atoms with Crippen LogP contribution in [0.3, 0.4) is 0 Å². The number of ether oxygens (including phenoxy) is 2. The minimum absolute atomic E-state index is 0.0211. The molecule has 0 saturated carbocycles. The molecule has 0 unspecified atom stereocenters. The van der Waals surface area contributed by atoms with Gasteiger partial charge in [0.1, 0.15) is 18.9 Å². The number of carbonyl (C=O) groups is 1. The standard InChI is InChI=1S/C22H37N5O3/c1-19-8-5-6-9-20(19)30-17-12-26(4)22(24-18-21(28)25(2)3)23-10-7-11-27-13-15-29-16-14-27/h5-6,8-9H,7,10-18H2,1-4H3,(H,23,24). The molecule has 1 heterocycles. The van der Waals surface area contributed by atoms with Crippen LogP contribution in [0.1, 0.15) is 12.0 Å². The van der Waals surface area contributed by atoms with Gasteiger partial charge in [0, 0.05) is 40.8 Å². The molecule has 1 N–H and O–H groups in total. The zero-order chi connectivity index (χ0) is 21.8. The normalized spacial score (nSPS) is 15.0. The SMILES string of the molecule is Cc1ccccc1OCCN(C)C(=NCC(=O)N(C)C)NCCCN1CCOCC1. The van der Waals surface area contributed by atoms with Crippen LogP contribution in [0, 0.1) is 6.92 Å². The summed E-state index contributed by atoms with van der Waals surface area (Å²) in [6.07, 6.45) is 1.01. The Labute approximate surface area is 180 Å². The van der Waals surface area contributed by atoms with Crippen molar-refractivity contribution in [2.24, 2.45) is 4.99 Å². The molecule has 0 aromatic heterocycles. The van der Waals surface area contributed by atoms with Gasteiger partial charge in [0.25, 0.3) is 0 Å². The lowest BCUT2D eigenvalue weighted by Gasteiger charge is -2.27. The van der Waals surface area contributed by atoms with Gasteiger partial charge in [-0.1, -0.05) is 18.2 Å². The van der Waals surface area contributed by atoms with Crippen molar-refractivity contribution in [2.75, 3.05) is 80.2 Å². The highest BCUT2D eigenvalue weighted by atomic mass is 16.5. The van der Waals surface area contributed by atoms with Gasteiger partial charge in [-0.3, -0.25) is 9.69 Å². The molecule has 30 heavy (non-hydrogen) atoms. The second-order valence-corrected chi connectivity index (χ2v) is 7.70. The number of nitrogens with zero attached hydrogens (tertiary/aromatic N) is 4. The summed E-state index contributed by atoms with van der Waals surface area (Å²) >= 11 is 0. The molecule has 1 aromatic carbocycles. The Morgan fingerprint density at radius 2 is 1.97 bits per heavy atom. The molecule has 168 valence electrons. The smallest absolute Gasteiger partial charge is 0.243 e. The molecule has 1 amide bonds. The summed E-state index contributed by atoms with van der Waals surface area (Å²) in [6, 6.07) is 7.99. The quantitative estimate of drug-likeness (QED) is 0.348. The topological polar surface area (TPSA) is 69.6 Å². The Bertz CT molecular complexity index is 674. The van der Waals surface area contributed by atoms with Crippen molar-refractivity contribution in [3.05, 3.63) is 29.8 Å². The van der Waals surface area contributed by atoms with Crippen LogP contribution in [0.2, 0.25) is 0 Å². The molecular weight excluding hydrogens is 382 g/mol. The third-order valence-electron chi connectivity index (χ3n) is 5.04. The van der Waals surface area contributed by atoms with E-state index in [1.165, 1.54) is 0 Å². The second-order valence-electron chi connectivity index (χ2n) is 7.70. The Morgan fingerprint density at radius 3 is 2.67 bits per heavy atom. The van der Waals surface area contributed by atoms with E-state index in [0.717, 1.165) is 63.1 Å². The number of likely N-dealkylation sites (N-methyl/N-ethyl adjacent to an activating group) is 2. The molecular formula is C22H37N5O3. The molecule has 1 aliphatic rings. The number of benzene rings is 1. The minimum Gasteiger partial charge on any atom is -0.491 e. The van der Waals surface area contributed by atoms with E-state index in [9.17, 15) is 4.79 Å². The van der Waals surface area contributed by atoms with Crippen LogP contribution in [0.5, 0.6) is 5.75 Å². The van der Waals surface area contributed by atoms with Crippen LogP contribution in [0.15, 0.2) is 29.3 Å². The first-order chi connectivity index (χ1) is 14.5. The molecule has 0 bridgehead atoms. The molecule has 0 radical (unpaired) electrons. The third-order valence-corrected chi connectivity index (χ3v) is 5.04. The van der Waals surface area contributed by atoms with Gasteiger partial charge in [-0.05, 0) is 31.5 Å². The average molecular weight is 420 g/mol. The molecule has 1 saturated heterocycles. The molecule has 8 nitrogen and oxygen atoms in total. The van der Waals surface area contributed by atoms with Gasteiger partial charge in [0.15, 0.2) is 5.96 Å². The van der Waals surface area contributed by atoms with Crippen molar-refractivity contribution in [1.82, 2.24) is 20.0 Å². The number of amides is 1. The minimum atomic E-state index is -0.0211. The van der Waals surface area contributed by atoms with Crippen LogP contribution in [0.25, 0.3) is 0 Å². The van der Waals surface area contributed by atoms with Crippen LogP contribution in [-0.2, 0) is 9.53 Å². The number of aliphatic imine (C=N–C) groups is 1. The number of aryl methyl sites for hydroxylation is 1. The number of carbonyl (C=O) groups excluding carboxylic acids is 1. The van der Waals surface area contributed by atoms with Crippen LogP contribution in [0.4, 0.5) is 0 Å². The van der Waals surface area contributed by atoms with E-state index in [1.807, 2.05) is 43.1 Å². The van der Waals surface area contributed by atoms with E-state index in [-0.39, 0.29) is 12.5 Å². The molecule has 0 aliphatic carbocycles. The van der Waals surface area contributed by atoms with E-state index in [4.69, 9.17) is 9.47 Å². The van der Waals surface area contributed by atoms with Gasteiger partial charge in [-0.15, -0.1) is 0 Å². The van der Waals surface area contributed by atoms with Crippen molar-refractivity contribution in [1.29, 1.82) is 0 Å². The van der Waals surface area contributed by atoms with E-state index < -0.39 is 0 Å². The largest absolute Gasteiger partial charge is 0.491 e. The predicted octanol–water partition coefficient (Wildman–Crippen LogP) is 1.06. The monoisotopic (exact) mass is 419 g/mol. The molecule has 0 atom stereocenters. The maximum absolute atomic E-state index is 12.0. The molecule has 1 fully saturated rings. The average Bonchev–Trinajstić information content (AvgIpc) is 2.74. The number of guanidine groups is 1. The van der Waals surface area contributed by atoms with Crippen molar-refractivity contribution >= 4 is 11.9 Å². The zero-order valence-electron chi connectivity index (χ0n) is 18.9. The second kappa shape index (κ2) is 13.1. The van der Waals surface area contributed by atoms with E-state index in [2.05, 4.69) is 15.2 Å². The van der Waals surface area contributed by atoms with Gasteiger partial charge in [-0.2, -0.15) is 0 Å². The maximum atomic E-state index is 12.0. The van der Waals surface area contributed by atoms with E-state index in [1.54, 1.807) is 19.0 Å². The lowest BCUT2D eigenvalue weighted by Crippen LogP contribution is -2.43. The Morgan fingerprint density at radius 1 is 1.23 bits per heavy atom. The van der Waals surface area contributed by atoms with Gasteiger partial charge >= 0.3 is 0 Å². The highest BCUT2D eigenvalue weighted by Gasteiger charge is 2.12. The fourth-order valence-electron chi connectivity index (χ4n) is 3.04. The van der Waals surface area contributed by atoms with E-state index >= 15 is 0 Å². The van der Waals surface area contributed by atoms with Gasteiger partial charge in [0.05, 0.1) is 19.8 Å². The zero-order valence-corrected chi connectivity index (χ0v) is 18.9. The Balaban J connectivity index is 1.83. The summed E-state index contributed by atoms with van der Waals surface area (Å²) in [5.74, 6) is 1.60. The van der Waals surface area contributed by atoms with Crippen molar-refractivity contribution in [3.63, 3.8) is 0 Å². The van der Waals surface area contributed by atoms with Crippen molar-refractivity contribution in [2.45, 2.75) is 13.3 Å². The highest BCUT2D eigenvalue weighted by Crippen LogP contribution is 2.15. The summed E-state index contributed by atoms with van der Waals surface area (Å²) in [4.78, 5) is 22.5. The first kappa shape index (κ1) is 24.0. The van der Waals surface area contributed by atoms with Crippen LogP contribution in [-0.4, -0.2) is 107 Å². The van der Waals surface area contributed by atoms with Crippen LogP contribution >= 0.6 is 0 Å². The number of nitrogens with one attached hydrogen (secondary N) is 1. The molecule has 2 rings (SSSR count). The van der Waals surface area contributed by atoms with Gasteiger partial charge in [0.2, 0.25) is 5.91 Å². The fraction of sp³-hybridized carbons (Fsp3) is 0.636. The first-order valence-electron chi connectivity index (χ1n) is 10.7.